The van der Waals surface area contributed by atoms with Gasteiger partial charge in [-0.15, -0.1) is 0 Å². The van der Waals surface area contributed by atoms with Crippen molar-refractivity contribution >= 4 is 0 Å². The largest absolute Gasteiger partial charge is 0.493 e. The van der Waals surface area contributed by atoms with Gasteiger partial charge in [-0.3, -0.25) is 0 Å². The Kier molecular flexibility index (Phi) is 5.01. The minimum atomic E-state index is -0.556. The van der Waals surface area contributed by atoms with Crippen LogP contribution in [0.15, 0.2) is 18.2 Å². The summed E-state index contributed by atoms with van der Waals surface area (Å²) in [6.07, 6.45) is 2.80. The van der Waals surface area contributed by atoms with Crippen LogP contribution in [0.3, 0.4) is 0 Å². The molecule has 0 aliphatic rings. The fraction of sp³-hybridized carbons (Fsp3) is 0.600. The molecular formula is C15H24O2. The lowest BCUT2D eigenvalue weighted by molar-refractivity contribution is 0.0670. The predicted octanol–water partition coefficient (Wildman–Crippen LogP) is 3.62. The van der Waals surface area contributed by atoms with Gasteiger partial charge in [-0.2, -0.15) is 0 Å². The Morgan fingerprint density at radius 3 is 2.53 bits per heavy atom. The van der Waals surface area contributed by atoms with Crippen LogP contribution in [0.4, 0.5) is 0 Å². The van der Waals surface area contributed by atoms with Gasteiger partial charge < -0.3 is 9.84 Å². The van der Waals surface area contributed by atoms with Crippen LogP contribution in [0.5, 0.6) is 5.75 Å². The van der Waals surface area contributed by atoms with Gasteiger partial charge in [-0.25, -0.2) is 0 Å². The van der Waals surface area contributed by atoms with Crippen molar-refractivity contribution in [1.82, 2.24) is 0 Å². The van der Waals surface area contributed by atoms with Crippen molar-refractivity contribution < 1.29 is 9.84 Å². The van der Waals surface area contributed by atoms with E-state index in [4.69, 9.17) is 4.74 Å². The molecule has 0 atom stereocenters. The number of rotatable bonds is 6. The van der Waals surface area contributed by atoms with Crippen LogP contribution < -0.4 is 4.74 Å². The van der Waals surface area contributed by atoms with Crippen LogP contribution in [-0.4, -0.2) is 17.3 Å². The number of hydrogen-bond donors (Lipinski definition) is 1. The lowest BCUT2D eigenvalue weighted by Crippen LogP contribution is -2.18. The highest BCUT2D eigenvalue weighted by Crippen LogP contribution is 2.19. The Morgan fingerprint density at radius 1 is 1.18 bits per heavy atom. The summed E-state index contributed by atoms with van der Waals surface area (Å²) in [6, 6.07) is 6.25. The predicted molar refractivity (Wildman–Crippen MR) is 71.6 cm³/mol. The molecule has 0 fully saturated rings. The van der Waals surface area contributed by atoms with Crippen molar-refractivity contribution in [2.24, 2.45) is 0 Å². The van der Waals surface area contributed by atoms with Crippen molar-refractivity contribution in [2.75, 3.05) is 6.61 Å². The van der Waals surface area contributed by atoms with E-state index in [2.05, 4.69) is 32.0 Å². The maximum atomic E-state index is 9.57. The monoisotopic (exact) mass is 236 g/mol. The Morgan fingerprint density at radius 2 is 1.88 bits per heavy atom. The van der Waals surface area contributed by atoms with Gasteiger partial charge in [0.05, 0.1) is 12.2 Å². The van der Waals surface area contributed by atoms with Gasteiger partial charge in [0.25, 0.3) is 0 Å². The molecule has 0 aromatic heterocycles. The summed E-state index contributed by atoms with van der Waals surface area (Å²) in [5.41, 5.74) is 1.85. The second kappa shape index (κ2) is 6.06. The lowest BCUT2D eigenvalue weighted by Gasteiger charge is -2.16. The quantitative estimate of drug-likeness (QED) is 0.764. The van der Waals surface area contributed by atoms with Gasteiger partial charge in [-0.1, -0.05) is 12.1 Å². The Bertz CT molecular complexity index is 350. The number of unbranched alkanes of at least 4 members (excludes halogenated alkanes) is 1. The second-order valence-corrected chi connectivity index (χ2v) is 5.39. The zero-order valence-electron chi connectivity index (χ0n) is 11.4. The van der Waals surface area contributed by atoms with Gasteiger partial charge in [0.15, 0.2) is 0 Å². The molecule has 0 saturated heterocycles. The fourth-order valence-electron chi connectivity index (χ4n) is 1.70. The van der Waals surface area contributed by atoms with Crippen LogP contribution in [-0.2, 0) is 0 Å². The standard InChI is InChI=1S/C15H24O2/c1-12-7-8-13(2)14(11-12)17-10-6-5-9-15(3,4)16/h7-8,11,16H,5-6,9-10H2,1-4H3. The first kappa shape index (κ1) is 14.0. The van der Waals surface area contributed by atoms with Crippen LogP contribution in [0.1, 0.15) is 44.2 Å². The Labute approximate surface area is 105 Å². The van der Waals surface area contributed by atoms with Gasteiger partial charge >= 0.3 is 0 Å². The van der Waals surface area contributed by atoms with E-state index in [1.54, 1.807) is 0 Å². The number of hydrogen-bond acceptors (Lipinski definition) is 2. The summed E-state index contributed by atoms with van der Waals surface area (Å²) in [6.45, 7) is 8.55. The smallest absolute Gasteiger partial charge is 0.122 e. The summed E-state index contributed by atoms with van der Waals surface area (Å²) in [5, 5.41) is 9.57. The van der Waals surface area contributed by atoms with E-state index in [1.807, 2.05) is 13.8 Å². The molecule has 2 nitrogen and oxygen atoms in total. The Hall–Kier alpha value is -1.02. The summed E-state index contributed by atoms with van der Waals surface area (Å²) < 4.78 is 5.75. The third kappa shape index (κ3) is 5.73. The van der Waals surface area contributed by atoms with Gasteiger partial charge in [0, 0.05) is 0 Å². The molecule has 0 bridgehead atoms. The number of benzene rings is 1. The maximum Gasteiger partial charge on any atom is 0.122 e. The molecule has 0 aliphatic heterocycles. The average Bonchev–Trinajstić information content (AvgIpc) is 2.21. The summed E-state index contributed by atoms with van der Waals surface area (Å²) >= 11 is 0. The van der Waals surface area contributed by atoms with E-state index in [1.165, 1.54) is 11.1 Å². The second-order valence-electron chi connectivity index (χ2n) is 5.39. The first-order valence-electron chi connectivity index (χ1n) is 6.31. The molecule has 96 valence electrons. The van der Waals surface area contributed by atoms with Gasteiger partial charge in [-0.05, 0) is 64.2 Å². The summed E-state index contributed by atoms with van der Waals surface area (Å²) in [4.78, 5) is 0. The third-order valence-corrected chi connectivity index (χ3v) is 2.78. The molecule has 0 aliphatic carbocycles. The van der Waals surface area contributed by atoms with Crippen molar-refractivity contribution in [3.63, 3.8) is 0 Å². The molecule has 0 saturated carbocycles. The lowest BCUT2D eigenvalue weighted by atomic mass is 10.0. The van der Waals surface area contributed by atoms with E-state index >= 15 is 0 Å². The Balaban J connectivity index is 2.29. The van der Waals surface area contributed by atoms with Crippen LogP contribution in [0, 0.1) is 13.8 Å². The first-order chi connectivity index (χ1) is 7.88. The molecule has 1 aromatic carbocycles. The minimum Gasteiger partial charge on any atom is -0.493 e. The highest BCUT2D eigenvalue weighted by atomic mass is 16.5. The zero-order chi connectivity index (χ0) is 12.9. The molecule has 0 radical (unpaired) electrons. The first-order valence-corrected chi connectivity index (χ1v) is 6.31. The van der Waals surface area contributed by atoms with E-state index in [-0.39, 0.29) is 0 Å². The molecule has 0 heterocycles. The van der Waals surface area contributed by atoms with E-state index in [9.17, 15) is 5.11 Å². The number of aryl methyl sites for hydroxylation is 2. The molecule has 2 heteroatoms. The van der Waals surface area contributed by atoms with E-state index < -0.39 is 5.60 Å². The third-order valence-electron chi connectivity index (χ3n) is 2.78. The average molecular weight is 236 g/mol. The molecule has 17 heavy (non-hydrogen) atoms. The van der Waals surface area contributed by atoms with Crippen LogP contribution >= 0.6 is 0 Å². The summed E-state index contributed by atoms with van der Waals surface area (Å²) in [7, 11) is 0. The molecule has 0 amide bonds. The minimum absolute atomic E-state index is 0.556. The van der Waals surface area contributed by atoms with E-state index in [0.29, 0.717) is 0 Å². The maximum absolute atomic E-state index is 9.57. The van der Waals surface area contributed by atoms with E-state index in [0.717, 1.165) is 31.6 Å². The van der Waals surface area contributed by atoms with Gasteiger partial charge in [0.2, 0.25) is 0 Å². The fourth-order valence-corrected chi connectivity index (χ4v) is 1.70. The molecule has 1 aromatic rings. The SMILES string of the molecule is Cc1ccc(C)c(OCCCCC(C)(C)O)c1. The number of ether oxygens (including phenoxy) is 1. The molecular weight excluding hydrogens is 212 g/mol. The van der Waals surface area contributed by atoms with Crippen molar-refractivity contribution in [3.05, 3.63) is 29.3 Å². The molecule has 0 unspecified atom stereocenters. The van der Waals surface area contributed by atoms with Crippen LogP contribution in [0.25, 0.3) is 0 Å². The highest BCUT2D eigenvalue weighted by molar-refractivity contribution is 5.35. The highest BCUT2D eigenvalue weighted by Gasteiger charge is 2.11. The van der Waals surface area contributed by atoms with Crippen molar-refractivity contribution in [1.29, 1.82) is 0 Å². The molecule has 0 spiro atoms. The molecule has 1 N–H and O–H groups in total. The van der Waals surface area contributed by atoms with Crippen molar-refractivity contribution in [2.45, 2.75) is 52.6 Å². The topological polar surface area (TPSA) is 29.5 Å². The summed E-state index contributed by atoms with van der Waals surface area (Å²) in [5.74, 6) is 0.980. The normalized spacial score (nSPS) is 11.6. The van der Waals surface area contributed by atoms with Crippen molar-refractivity contribution in [3.8, 4) is 5.75 Å². The van der Waals surface area contributed by atoms with Gasteiger partial charge in [0.1, 0.15) is 5.75 Å². The zero-order valence-corrected chi connectivity index (χ0v) is 11.4. The molecule has 1 rings (SSSR count). The number of aliphatic hydroxyl groups is 1. The van der Waals surface area contributed by atoms with Crippen LogP contribution in [0.2, 0.25) is 0 Å².